The van der Waals surface area contributed by atoms with E-state index in [9.17, 15) is 9.59 Å². The maximum Gasteiger partial charge on any atom is 0.274 e. The van der Waals surface area contributed by atoms with E-state index in [1.165, 1.54) is 10.7 Å². The van der Waals surface area contributed by atoms with Gasteiger partial charge in [-0.2, -0.15) is 5.10 Å². The van der Waals surface area contributed by atoms with Crippen molar-refractivity contribution in [1.29, 1.82) is 0 Å². The van der Waals surface area contributed by atoms with E-state index in [0.717, 1.165) is 37.8 Å². The van der Waals surface area contributed by atoms with Crippen molar-refractivity contribution in [1.82, 2.24) is 14.7 Å². The molecular weight excluding hydrogens is 302 g/mol. The van der Waals surface area contributed by atoms with Gasteiger partial charge in [-0.1, -0.05) is 43.7 Å². The molecule has 0 aliphatic carbocycles. The highest BCUT2D eigenvalue weighted by molar-refractivity contribution is 5.92. The van der Waals surface area contributed by atoms with E-state index in [4.69, 9.17) is 0 Å². The molecule has 1 unspecified atom stereocenters. The number of amides is 1. The monoisotopic (exact) mass is 325 g/mol. The smallest absolute Gasteiger partial charge is 0.274 e. The van der Waals surface area contributed by atoms with Crippen molar-refractivity contribution in [3.05, 3.63) is 64.1 Å². The number of carbonyl (C=O) groups excluding carboxylic acids is 1. The minimum atomic E-state index is -0.152. The van der Waals surface area contributed by atoms with Gasteiger partial charge in [0.1, 0.15) is 5.69 Å². The summed E-state index contributed by atoms with van der Waals surface area (Å²) in [5.41, 5.74) is 1.36. The van der Waals surface area contributed by atoms with E-state index in [2.05, 4.69) is 24.2 Å². The van der Waals surface area contributed by atoms with Crippen molar-refractivity contribution < 1.29 is 4.79 Å². The van der Waals surface area contributed by atoms with Gasteiger partial charge in [-0.3, -0.25) is 9.59 Å². The summed E-state index contributed by atoms with van der Waals surface area (Å²) in [6, 6.07) is 13.2. The minimum Gasteiger partial charge on any atom is -0.330 e. The second-order valence-corrected chi connectivity index (χ2v) is 6.20. The van der Waals surface area contributed by atoms with Crippen LogP contribution in [0.1, 0.15) is 54.7 Å². The van der Waals surface area contributed by atoms with Gasteiger partial charge in [-0.25, -0.2) is 4.68 Å². The molecule has 1 aliphatic heterocycles. The predicted octanol–water partition coefficient (Wildman–Crippen LogP) is 3.02. The molecule has 0 radical (unpaired) electrons. The second-order valence-electron chi connectivity index (χ2n) is 6.20. The molecule has 5 heteroatoms. The highest BCUT2D eigenvalue weighted by Gasteiger charge is 2.31. The van der Waals surface area contributed by atoms with Crippen molar-refractivity contribution in [2.24, 2.45) is 0 Å². The van der Waals surface area contributed by atoms with Gasteiger partial charge in [0.25, 0.3) is 11.5 Å². The number of hydrogen-bond donors (Lipinski definition) is 0. The molecule has 1 fully saturated rings. The first-order valence-electron chi connectivity index (χ1n) is 8.65. The molecule has 3 rings (SSSR count). The molecular formula is C19H23N3O2. The van der Waals surface area contributed by atoms with Crippen LogP contribution in [0.15, 0.2) is 47.3 Å². The summed E-state index contributed by atoms with van der Waals surface area (Å²) in [5.74, 6) is -0.0911. The molecule has 0 bridgehead atoms. The Bertz CT molecular complexity index is 755. The van der Waals surface area contributed by atoms with Gasteiger partial charge >= 0.3 is 0 Å². The lowest BCUT2D eigenvalue weighted by atomic mass is 10.0. The van der Waals surface area contributed by atoms with Gasteiger partial charge in [-0.15, -0.1) is 0 Å². The maximum absolute atomic E-state index is 12.9. The summed E-state index contributed by atoms with van der Waals surface area (Å²) in [5, 5.41) is 4.30. The number of benzene rings is 1. The molecule has 0 spiro atoms. The third-order valence-electron chi connectivity index (χ3n) is 4.51. The average molecular weight is 325 g/mol. The zero-order valence-corrected chi connectivity index (χ0v) is 14.0. The van der Waals surface area contributed by atoms with Gasteiger partial charge in [0.2, 0.25) is 0 Å². The van der Waals surface area contributed by atoms with Crippen molar-refractivity contribution >= 4 is 5.91 Å². The summed E-state index contributed by atoms with van der Waals surface area (Å²) in [4.78, 5) is 26.7. The van der Waals surface area contributed by atoms with Crippen molar-refractivity contribution in [3.63, 3.8) is 0 Å². The third-order valence-corrected chi connectivity index (χ3v) is 4.51. The van der Waals surface area contributed by atoms with E-state index in [1.807, 2.05) is 23.1 Å². The number of hydrogen-bond acceptors (Lipinski definition) is 3. The lowest BCUT2D eigenvalue weighted by Crippen LogP contribution is -2.33. The third kappa shape index (κ3) is 3.40. The Morgan fingerprint density at radius 1 is 1.21 bits per heavy atom. The van der Waals surface area contributed by atoms with Crippen LogP contribution in [0.5, 0.6) is 0 Å². The number of nitrogens with zero attached hydrogens (tertiary/aromatic N) is 3. The van der Waals surface area contributed by atoms with Crippen molar-refractivity contribution in [2.75, 3.05) is 6.54 Å². The van der Waals surface area contributed by atoms with Crippen LogP contribution in [0, 0.1) is 0 Å². The SMILES string of the molecule is CCCCn1nc(C(=O)N2CCCC2c2ccccc2)ccc1=O. The zero-order valence-electron chi connectivity index (χ0n) is 14.0. The van der Waals surface area contributed by atoms with Gasteiger partial charge in [0.15, 0.2) is 0 Å². The number of rotatable bonds is 5. The fourth-order valence-electron chi connectivity index (χ4n) is 3.21. The van der Waals surface area contributed by atoms with Gasteiger partial charge in [0.05, 0.1) is 6.04 Å². The maximum atomic E-state index is 12.9. The summed E-state index contributed by atoms with van der Waals surface area (Å²) < 4.78 is 1.41. The van der Waals surface area contributed by atoms with Crippen LogP contribution in [0.25, 0.3) is 0 Å². The lowest BCUT2D eigenvalue weighted by Gasteiger charge is -2.25. The fraction of sp³-hybridized carbons (Fsp3) is 0.421. The fourth-order valence-corrected chi connectivity index (χ4v) is 3.21. The molecule has 126 valence electrons. The van der Waals surface area contributed by atoms with Crippen LogP contribution in [0.4, 0.5) is 0 Å². The first-order chi connectivity index (χ1) is 11.7. The Labute approximate surface area is 141 Å². The van der Waals surface area contributed by atoms with Crippen LogP contribution in [-0.4, -0.2) is 27.1 Å². The molecule has 1 aromatic carbocycles. The van der Waals surface area contributed by atoms with Crippen LogP contribution < -0.4 is 5.56 Å². The molecule has 1 amide bonds. The molecule has 24 heavy (non-hydrogen) atoms. The number of likely N-dealkylation sites (tertiary alicyclic amines) is 1. The van der Waals surface area contributed by atoms with E-state index in [-0.39, 0.29) is 17.5 Å². The van der Waals surface area contributed by atoms with Crippen LogP contribution in [0.2, 0.25) is 0 Å². The molecule has 2 aromatic rings. The number of aryl methyl sites for hydroxylation is 1. The topological polar surface area (TPSA) is 55.2 Å². The molecule has 2 heterocycles. The summed E-state index contributed by atoms with van der Waals surface area (Å²) >= 11 is 0. The van der Waals surface area contributed by atoms with Crippen LogP contribution >= 0.6 is 0 Å². The van der Waals surface area contributed by atoms with Crippen LogP contribution in [0.3, 0.4) is 0 Å². The highest BCUT2D eigenvalue weighted by atomic mass is 16.2. The molecule has 0 saturated carbocycles. The first kappa shape index (κ1) is 16.4. The van der Waals surface area contributed by atoms with Gasteiger partial charge in [-0.05, 0) is 30.9 Å². The quantitative estimate of drug-likeness (QED) is 0.849. The highest BCUT2D eigenvalue weighted by Crippen LogP contribution is 2.32. The van der Waals surface area contributed by atoms with Crippen LogP contribution in [-0.2, 0) is 6.54 Å². The Kier molecular flexibility index (Phi) is 5.08. The molecule has 5 nitrogen and oxygen atoms in total. The number of unbranched alkanes of at least 4 members (excludes halogenated alkanes) is 1. The largest absolute Gasteiger partial charge is 0.330 e. The molecule has 1 aliphatic rings. The Morgan fingerprint density at radius 2 is 2.00 bits per heavy atom. The molecule has 1 aromatic heterocycles. The number of carbonyl (C=O) groups is 1. The normalized spacial score (nSPS) is 17.2. The first-order valence-corrected chi connectivity index (χ1v) is 8.65. The summed E-state index contributed by atoms with van der Waals surface area (Å²) in [7, 11) is 0. The predicted molar refractivity (Wildman–Crippen MR) is 92.9 cm³/mol. The van der Waals surface area contributed by atoms with Crippen molar-refractivity contribution in [2.45, 2.75) is 45.2 Å². The summed E-state index contributed by atoms with van der Waals surface area (Å²) in [6.07, 6.45) is 3.81. The van der Waals surface area contributed by atoms with Gasteiger partial charge in [0, 0.05) is 19.2 Å². The minimum absolute atomic E-state index is 0.0911. The number of aromatic nitrogens is 2. The Morgan fingerprint density at radius 3 is 2.75 bits per heavy atom. The Hall–Kier alpha value is -2.43. The van der Waals surface area contributed by atoms with Crippen molar-refractivity contribution in [3.8, 4) is 0 Å². The lowest BCUT2D eigenvalue weighted by molar-refractivity contribution is 0.0726. The molecule has 1 atom stereocenters. The summed E-state index contributed by atoms with van der Waals surface area (Å²) in [6.45, 7) is 3.35. The zero-order chi connectivity index (χ0) is 16.9. The Balaban J connectivity index is 1.84. The van der Waals surface area contributed by atoms with E-state index in [0.29, 0.717) is 12.2 Å². The second kappa shape index (κ2) is 7.43. The molecule has 1 saturated heterocycles. The van der Waals surface area contributed by atoms with E-state index in [1.54, 1.807) is 6.07 Å². The van der Waals surface area contributed by atoms with Gasteiger partial charge < -0.3 is 4.90 Å². The average Bonchev–Trinajstić information content (AvgIpc) is 3.11. The standard InChI is InChI=1S/C19H23N3O2/c1-2-3-14-22-18(23)12-11-16(20-22)19(24)21-13-7-10-17(21)15-8-5-4-6-9-15/h4-6,8-9,11-12,17H,2-3,7,10,13-14H2,1H3. The van der Waals surface area contributed by atoms with E-state index >= 15 is 0 Å². The molecule has 0 N–H and O–H groups in total. The van der Waals surface area contributed by atoms with E-state index < -0.39 is 0 Å².